The number of rotatable bonds is 4. The molecule has 0 amide bonds. The van der Waals surface area contributed by atoms with Gasteiger partial charge in [0, 0.05) is 12.1 Å². The van der Waals surface area contributed by atoms with Crippen molar-refractivity contribution in [1.82, 2.24) is 5.32 Å². The van der Waals surface area contributed by atoms with Crippen LogP contribution in [0.3, 0.4) is 0 Å². The van der Waals surface area contributed by atoms with Gasteiger partial charge in [0.05, 0.1) is 0 Å². The molecular weight excluding hydrogens is 210 g/mol. The number of nitrogens with one attached hydrogen (secondary N) is 1. The fraction of sp³-hybridized carbons (Fsp3) is 0.600. The molecule has 0 heterocycles. The Kier molecular flexibility index (Phi) is 4.06. The minimum absolute atomic E-state index is 0.444. The van der Waals surface area contributed by atoms with Crippen molar-refractivity contribution in [2.75, 3.05) is 6.54 Å². The van der Waals surface area contributed by atoms with Crippen LogP contribution in [0.2, 0.25) is 0 Å². The summed E-state index contributed by atoms with van der Waals surface area (Å²) >= 11 is 0. The van der Waals surface area contributed by atoms with E-state index in [4.69, 9.17) is 0 Å². The van der Waals surface area contributed by atoms with Crippen molar-refractivity contribution in [2.24, 2.45) is 11.8 Å². The maximum atomic E-state index is 9.89. The summed E-state index contributed by atoms with van der Waals surface area (Å²) in [7, 11) is 0. The Hall–Kier alpha value is -1.02. The lowest BCUT2D eigenvalue weighted by atomic mass is 10.1. The van der Waals surface area contributed by atoms with E-state index in [-0.39, 0.29) is 0 Å². The van der Waals surface area contributed by atoms with Crippen molar-refractivity contribution in [3.8, 4) is 5.75 Å². The van der Waals surface area contributed by atoms with Crippen LogP contribution < -0.4 is 5.32 Å². The second-order valence-electron chi connectivity index (χ2n) is 5.50. The average Bonchev–Trinajstić information content (AvgIpc) is 2.70. The number of para-hydroxylation sites is 1. The number of aryl methyl sites for hydroxylation is 1. The van der Waals surface area contributed by atoms with Crippen LogP contribution in [0.25, 0.3) is 0 Å². The molecular formula is C15H23NO. The molecule has 1 aromatic carbocycles. The monoisotopic (exact) mass is 233 g/mol. The number of phenolic OH excluding ortho intramolecular Hbond substituents is 1. The van der Waals surface area contributed by atoms with Crippen LogP contribution in [0.1, 0.15) is 37.3 Å². The Bertz CT molecular complexity index is 375. The highest BCUT2D eigenvalue weighted by Gasteiger charge is 2.20. The molecule has 0 aromatic heterocycles. The summed E-state index contributed by atoms with van der Waals surface area (Å²) in [5.74, 6) is 2.17. The molecule has 1 aromatic rings. The molecule has 2 nitrogen and oxygen atoms in total. The summed E-state index contributed by atoms with van der Waals surface area (Å²) in [6.07, 6.45) is 4.09. The molecule has 0 radical (unpaired) electrons. The molecule has 1 aliphatic rings. The summed E-state index contributed by atoms with van der Waals surface area (Å²) in [5, 5.41) is 13.4. The van der Waals surface area contributed by atoms with E-state index in [9.17, 15) is 5.11 Å². The second-order valence-corrected chi connectivity index (χ2v) is 5.50. The number of aromatic hydroxyl groups is 1. The number of phenols is 1. The fourth-order valence-corrected chi connectivity index (χ4v) is 2.78. The molecule has 2 N–H and O–H groups in total. The zero-order valence-electron chi connectivity index (χ0n) is 10.9. The highest BCUT2D eigenvalue weighted by molar-refractivity contribution is 5.39. The number of benzene rings is 1. The summed E-state index contributed by atoms with van der Waals surface area (Å²) < 4.78 is 0. The first-order valence-corrected chi connectivity index (χ1v) is 6.65. The SMILES string of the molecule is Cc1cccc(CNCC2CCC(C)C2)c1O. The molecule has 2 rings (SSSR count). The quantitative estimate of drug-likeness (QED) is 0.837. The largest absolute Gasteiger partial charge is 0.507 e. The van der Waals surface area contributed by atoms with Gasteiger partial charge in [-0.25, -0.2) is 0 Å². The first kappa shape index (κ1) is 12.4. The Labute approximate surface area is 104 Å². The maximum Gasteiger partial charge on any atom is 0.122 e. The lowest BCUT2D eigenvalue weighted by molar-refractivity contribution is 0.446. The van der Waals surface area contributed by atoms with Crippen LogP contribution in [0.4, 0.5) is 0 Å². The predicted octanol–water partition coefficient (Wildman–Crippen LogP) is 3.23. The van der Waals surface area contributed by atoms with Gasteiger partial charge in [-0.1, -0.05) is 31.5 Å². The van der Waals surface area contributed by atoms with Crippen molar-refractivity contribution in [3.05, 3.63) is 29.3 Å². The van der Waals surface area contributed by atoms with Crippen LogP contribution in [-0.2, 0) is 6.54 Å². The van der Waals surface area contributed by atoms with Gasteiger partial charge in [0.15, 0.2) is 0 Å². The molecule has 17 heavy (non-hydrogen) atoms. The topological polar surface area (TPSA) is 32.3 Å². The average molecular weight is 233 g/mol. The van der Waals surface area contributed by atoms with Crippen LogP contribution in [0.5, 0.6) is 5.75 Å². The Morgan fingerprint density at radius 3 is 2.88 bits per heavy atom. The third kappa shape index (κ3) is 3.22. The zero-order chi connectivity index (χ0) is 12.3. The third-order valence-electron chi connectivity index (χ3n) is 3.87. The van der Waals surface area contributed by atoms with Crippen molar-refractivity contribution >= 4 is 0 Å². The molecule has 2 unspecified atom stereocenters. The molecule has 0 aliphatic heterocycles. The number of hydrogen-bond donors (Lipinski definition) is 2. The van der Waals surface area contributed by atoms with Crippen molar-refractivity contribution < 1.29 is 5.11 Å². The maximum absolute atomic E-state index is 9.89. The molecule has 0 bridgehead atoms. The molecule has 1 aliphatic carbocycles. The van der Waals surface area contributed by atoms with Crippen LogP contribution in [0.15, 0.2) is 18.2 Å². The molecule has 1 fully saturated rings. The van der Waals surface area contributed by atoms with E-state index in [1.807, 2.05) is 25.1 Å². The van der Waals surface area contributed by atoms with Crippen LogP contribution >= 0.6 is 0 Å². The second kappa shape index (κ2) is 5.54. The van der Waals surface area contributed by atoms with E-state index in [0.717, 1.165) is 36.1 Å². The van der Waals surface area contributed by atoms with E-state index in [0.29, 0.717) is 5.75 Å². The van der Waals surface area contributed by atoms with Gasteiger partial charge >= 0.3 is 0 Å². The first-order chi connectivity index (χ1) is 8.16. The van der Waals surface area contributed by atoms with E-state index >= 15 is 0 Å². The minimum atomic E-state index is 0.444. The highest BCUT2D eigenvalue weighted by atomic mass is 16.3. The van der Waals surface area contributed by atoms with E-state index in [1.54, 1.807) is 0 Å². The van der Waals surface area contributed by atoms with Gasteiger partial charge in [0.25, 0.3) is 0 Å². The lowest BCUT2D eigenvalue weighted by Gasteiger charge is -2.12. The summed E-state index contributed by atoms with van der Waals surface area (Å²) in [6.45, 7) is 6.14. The minimum Gasteiger partial charge on any atom is -0.507 e. The molecule has 0 saturated heterocycles. The van der Waals surface area contributed by atoms with Crippen LogP contribution in [0, 0.1) is 18.8 Å². The molecule has 0 spiro atoms. The normalized spacial score (nSPS) is 24.1. The Balaban J connectivity index is 1.80. The molecule has 1 saturated carbocycles. The number of hydrogen-bond acceptors (Lipinski definition) is 2. The van der Waals surface area contributed by atoms with Gasteiger partial charge in [-0.05, 0) is 43.7 Å². The zero-order valence-corrected chi connectivity index (χ0v) is 10.9. The van der Waals surface area contributed by atoms with Gasteiger partial charge in [-0.2, -0.15) is 0 Å². The standard InChI is InChI=1S/C15H23NO/c1-11-6-7-13(8-11)9-16-10-14-5-3-4-12(2)15(14)17/h3-5,11,13,16-17H,6-10H2,1-2H3. The van der Waals surface area contributed by atoms with Gasteiger partial charge < -0.3 is 10.4 Å². The molecule has 94 valence electrons. The Morgan fingerprint density at radius 1 is 1.35 bits per heavy atom. The van der Waals surface area contributed by atoms with E-state index in [2.05, 4.69) is 12.2 Å². The van der Waals surface area contributed by atoms with Crippen molar-refractivity contribution in [3.63, 3.8) is 0 Å². The lowest BCUT2D eigenvalue weighted by Crippen LogP contribution is -2.21. The van der Waals surface area contributed by atoms with Crippen molar-refractivity contribution in [2.45, 2.75) is 39.7 Å². The van der Waals surface area contributed by atoms with E-state index in [1.165, 1.54) is 19.3 Å². The first-order valence-electron chi connectivity index (χ1n) is 6.65. The predicted molar refractivity (Wildman–Crippen MR) is 71.1 cm³/mol. The summed E-state index contributed by atoms with van der Waals surface area (Å²) in [4.78, 5) is 0. The van der Waals surface area contributed by atoms with Crippen molar-refractivity contribution in [1.29, 1.82) is 0 Å². The summed E-state index contributed by atoms with van der Waals surface area (Å²) in [6, 6.07) is 5.94. The van der Waals surface area contributed by atoms with Gasteiger partial charge in [-0.3, -0.25) is 0 Å². The third-order valence-corrected chi connectivity index (χ3v) is 3.87. The molecule has 2 heteroatoms. The van der Waals surface area contributed by atoms with E-state index < -0.39 is 0 Å². The van der Waals surface area contributed by atoms with Crippen LogP contribution in [-0.4, -0.2) is 11.7 Å². The fourth-order valence-electron chi connectivity index (χ4n) is 2.78. The Morgan fingerprint density at radius 2 is 2.18 bits per heavy atom. The highest BCUT2D eigenvalue weighted by Crippen LogP contribution is 2.29. The van der Waals surface area contributed by atoms with Gasteiger partial charge in [0.2, 0.25) is 0 Å². The molecule has 2 atom stereocenters. The van der Waals surface area contributed by atoms with Gasteiger partial charge in [0.1, 0.15) is 5.75 Å². The smallest absolute Gasteiger partial charge is 0.122 e. The summed E-state index contributed by atoms with van der Waals surface area (Å²) in [5.41, 5.74) is 1.97. The van der Waals surface area contributed by atoms with Gasteiger partial charge in [-0.15, -0.1) is 0 Å².